The molecular weight excluding hydrogens is 450 g/mol. The fourth-order valence-electron chi connectivity index (χ4n) is 6.97. The van der Waals surface area contributed by atoms with Gasteiger partial charge in [-0.25, -0.2) is 0 Å². The molecule has 5 aromatic rings. The molecule has 5 aromatic carbocycles. The van der Waals surface area contributed by atoms with E-state index in [-0.39, 0.29) is 6.17 Å². The van der Waals surface area contributed by atoms with E-state index in [4.69, 9.17) is 0 Å². The smallest absolute Gasteiger partial charge is 0.103 e. The van der Waals surface area contributed by atoms with Crippen LogP contribution in [0.5, 0.6) is 0 Å². The highest BCUT2D eigenvalue weighted by Gasteiger charge is 2.35. The maximum Gasteiger partial charge on any atom is 0.103 e. The molecule has 3 nitrogen and oxygen atoms in total. The summed E-state index contributed by atoms with van der Waals surface area (Å²) in [7, 11) is 4.47. The van der Waals surface area contributed by atoms with E-state index in [1.807, 2.05) is 0 Å². The molecule has 2 aliphatic heterocycles. The maximum atomic E-state index is 2.54. The zero-order chi connectivity index (χ0) is 25.4. The Bertz CT molecular complexity index is 1550. The molecule has 3 atom stereocenters. The number of hydrogen-bond donors (Lipinski definition) is 0. The second-order valence-electron chi connectivity index (χ2n) is 10.8. The summed E-state index contributed by atoms with van der Waals surface area (Å²) < 4.78 is 0. The van der Waals surface area contributed by atoms with E-state index in [1.165, 1.54) is 61.0 Å². The summed E-state index contributed by atoms with van der Waals surface area (Å²) in [6.07, 6.45) is 0.199. The van der Waals surface area contributed by atoms with Crippen molar-refractivity contribution in [2.75, 3.05) is 28.8 Å². The van der Waals surface area contributed by atoms with E-state index in [0.717, 1.165) is 0 Å². The SMILES string of the molecule is Cc1c(C2c3cccc4cccc(c34)N(C)[C@H]2C)cccc1N1c2cccc3cccc(c23)N(C)[C@@H]1C. The topological polar surface area (TPSA) is 9.72 Å². The molecule has 0 aromatic heterocycles. The standard InChI is InChI=1S/C34H33N3/c1-21-26(32-22(2)35(4)29-18-7-12-24-11-6-16-27(32)33(24)29)15-10-17-28(21)37-23(3)36(5)30-19-8-13-25-14-9-20-31(37)34(25)30/h6-20,22-23,32H,1-5H3/t22-,23-,32?/m0/s1. The average molecular weight is 484 g/mol. The lowest BCUT2D eigenvalue weighted by molar-refractivity contribution is 0.598. The monoisotopic (exact) mass is 483 g/mol. The first-order valence-corrected chi connectivity index (χ1v) is 13.3. The van der Waals surface area contributed by atoms with Crippen LogP contribution in [-0.2, 0) is 0 Å². The van der Waals surface area contributed by atoms with Gasteiger partial charge in [0.1, 0.15) is 6.17 Å². The second-order valence-corrected chi connectivity index (χ2v) is 10.8. The number of nitrogens with zero attached hydrogens (tertiary/aromatic N) is 3. The van der Waals surface area contributed by atoms with Crippen molar-refractivity contribution >= 4 is 44.3 Å². The van der Waals surface area contributed by atoms with Crippen molar-refractivity contribution in [1.29, 1.82) is 0 Å². The van der Waals surface area contributed by atoms with Crippen LogP contribution in [0.2, 0.25) is 0 Å². The largest absolute Gasteiger partial charge is 0.370 e. The van der Waals surface area contributed by atoms with Crippen molar-refractivity contribution in [3.63, 3.8) is 0 Å². The molecule has 0 bridgehead atoms. The summed E-state index contributed by atoms with van der Waals surface area (Å²) in [5, 5.41) is 5.34. The van der Waals surface area contributed by atoms with Gasteiger partial charge in [-0.1, -0.05) is 66.7 Å². The Morgan fingerprint density at radius 1 is 0.541 bits per heavy atom. The first-order valence-electron chi connectivity index (χ1n) is 13.3. The third-order valence-electron chi connectivity index (χ3n) is 9.10. The zero-order valence-electron chi connectivity index (χ0n) is 22.2. The van der Waals surface area contributed by atoms with E-state index in [2.05, 4.69) is 141 Å². The molecule has 2 aliphatic rings. The summed E-state index contributed by atoms with van der Waals surface area (Å²) in [6.45, 7) is 7.01. The molecule has 0 fully saturated rings. The van der Waals surface area contributed by atoms with Gasteiger partial charge in [0, 0.05) is 53.9 Å². The van der Waals surface area contributed by atoms with Gasteiger partial charge in [-0.3, -0.25) is 0 Å². The van der Waals surface area contributed by atoms with Gasteiger partial charge in [-0.15, -0.1) is 0 Å². The summed E-state index contributed by atoms with van der Waals surface area (Å²) in [6, 6.07) is 34.2. The van der Waals surface area contributed by atoms with Crippen LogP contribution in [0.15, 0.2) is 91.0 Å². The van der Waals surface area contributed by atoms with Gasteiger partial charge in [0.15, 0.2) is 0 Å². The molecule has 0 saturated heterocycles. The molecule has 1 unspecified atom stereocenters. The first-order chi connectivity index (χ1) is 18.0. The Kier molecular flexibility index (Phi) is 4.81. The van der Waals surface area contributed by atoms with Crippen molar-refractivity contribution in [3.8, 4) is 0 Å². The van der Waals surface area contributed by atoms with Crippen LogP contribution in [-0.4, -0.2) is 26.3 Å². The van der Waals surface area contributed by atoms with Crippen molar-refractivity contribution in [1.82, 2.24) is 0 Å². The van der Waals surface area contributed by atoms with Crippen LogP contribution in [0, 0.1) is 6.92 Å². The fourth-order valence-corrected chi connectivity index (χ4v) is 6.97. The minimum absolute atomic E-state index is 0.199. The van der Waals surface area contributed by atoms with Crippen LogP contribution >= 0.6 is 0 Å². The maximum absolute atomic E-state index is 2.54. The molecule has 2 heterocycles. The molecular formula is C34H33N3. The Balaban J connectivity index is 1.45. The predicted octanol–water partition coefficient (Wildman–Crippen LogP) is 8.21. The lowest BCUT2D eigenvalue weighted by Gasteiger charge is -2.45. The summed E-state index contributed by atoms with van der Waals surface area (Å²) in [4.78, 5) is 7.43. The van der Waals surface area contributed by atoms with E-state index >= 15 is 0 Å². The molecule has 0 spiro atoms. The Morgan fingerprint density at radius 2 is 1.05 bits per heavy atom. The van der Waals surface area contributed by atoms with E-state index in [9.17, 15) is 0 Å². The summed E-state index contributed by atoms with van der Waals surface area (Å²) in [5.74, 6) is 0.296. The first kappa shape index (κ1) is 22.2. The number of likely N-dealkylation sites (N-methyl/N-ethyl adjacent to an activating group) is 1. The summed E-state index contributed by atoms with van der Waals surface area (Å²) in [5.41, 5.74) is 9.44. The number of rotatable bonds is 2. The quantitative estimate of drug-likeness (QED) is 0.250. The molecule has 184 valence electrons. The van der Waals surface area contributed by atoms with Crippen molar-refractivity contribution in [3.05, 3.63) is 108 Å². The lowest BCUT2D eigenvalue weighted by Crippen LogP contribution is -2.45. The van der Waals surface area contributed by atoms with Crippen LogP contribution in [0.3, 0.4) is 0 Å². The van der Waals surface area contributed by atoms with E-state index < -0.39 is 0 Å². The van der Waals surface area contributed by atoms with Crippen LogP contribution in [0.25, 0.3) is 21.5 Å². The third-order valence-corrected chi connectivity index (χ3v) is 9.10. The van der Waals surface area contributed by atoms with Gasteiger partial charge in [-0.05, 0) is 72.5 Å². The van der Waals surface area contributed by atoms with Crippen LogP contribution in [0.4, 0.5) is 22.7 Å². The second kappa shape index (κ2) is 8.01. The van der Waals surface area contributed by atoms with Gasteiger partial charge >= 0.3 is 0 Å². The van der Waals surface area contributed by atoms with Gasteiger partial charge < -0.3 is 14.7 Å². The molecule has 0 N–H and O–H groups in total. The minimum atomic E-state index is 0.199. The Hall–Kier alpha value is -3.98. The molecule has 37 heavy (non-hydrogen) atoms. The lowest BCUT2D eigenvalue weighted by atomic mass is 9.77. The highest BCUT2D eigenvalue weighted by atomic mass is 15.4. The van der Waals surface area contributed by atoms with Gasteiger partial charge in [0.2, 0.25) is 0 Å². The summed E-state index contributed by atoms with van der Waals surface area (Å²) >= 11 is 0. The van der Waals surface area contributed by atoms with Crippen molar-refractivity contribution < 1.29 is 0 Å². The Labute approximate surface area is 219 Å². The molecule has 0 radical (unpaired) electrons. The number of benzene rings is 5. The predicted molar refractivity (Wildman–Crippen MR) is 159 cm³/mol. The van der Waals surface area contributed by atoms with Gasteiger partial charge in [0.25, 0.3) is 0 Å². The third kappa shape index (κ3) is 3.00. The highest BCUT2D eigenvalue weighted by molar-refractivity contribution is 6.07. The van der Waals surface area contributed by atoms with Crippen LogP contribution < -0.4 is 14.7 Å². The van der Waals surface area contributed by atoms with Crippen molar-refractivity contribution in [2.45, 2.75) is 38.9 Å². The molecule has 3 heteroatoms. The molecule has 7 rings (SSSR count). The van der Waals surface area contributed by atoms with E-state index in [1.54, 1.807) is 0 Å². The Morgan fingerprint density at radius 3 is 1.76 bits per heavy atom. The molecule has 0 amide bonds. The fraction of sp³-hybridized carbons (Fsp3) is 0.235. The highest BCUT2D eigenvalue weighted by Crippen LogP contribution is 2.49. The van der Waals surface area contributed by atoms with Crippen LogP contribution in [0.1, 0.15) is 36.5 Å². The van der Waals surface area contributed by atoms with Gasteiger partial charge in [-0.2, -0.15) is 0 Å². The average Bonchev–Trinajstić information content (AvgIpc) is 2.92. The zero-order valence-corrected chi connectivity index (χ0v) is 22.2. The number of anilines is 4. The van der Waals surface area contributed by atoms with E-state index in [0.29, 0.717) is 12.0 Å². The minimum Gasteiger partial charge on any atom is -0.370 e. The van der Waals surface area contributed by atoms with Crippen molar-refractivity contribution in [2.24, 2.45) is 0 Å². The normalized spacial score (nSPS) is 20.7. The van der Waals surface area contributed by atoms with Gasteiger partial charge in [0.05, 0.1) is 5.69 Å². The number of hydrogen-bond acceptors (Lipinski definition) is 3. The molecule has 0 saturated carbocycles. The molecule has 0 aliphatic carbocycles.